The average molecular weight is 493 g/mol. The Bertz CT molecular complexity index is 949. The van der Waals surface area contributed by atoms with Gasteiger partial charge in [-0.1, -0.05) is 12.1 Å². The second kappa shape index (κ2) is 11.2. The Labute approximate surface area is 189 Å². The number of ether oxygens (including phenoxy) is 1. The topological polar surface area (TPSA) is 84.5 Å². The Morgan fingerprint density at radius 2 is 1.83 bits per heavy atom. The van der Waals surface area contributed by atoms with E-state index in [9.17, 15) is 14.4 Å². The van der Waals surface area contributed by atoms with Crippen LogP contribution in [-0.4, -0.2) is 42.9 Å². The van der Waals surface area contributed by atoms with Crippen molar-refractivity contribution in [1.29, 1.82) is 0 Å². The van der Waals surface area contributed by atoms with Crippen molar-refractivity contribution in [2.45, 2.75) is 26.3 Å². The molecule has 8 heteroatoms. The summed E-state index contributed by atoms with van der Waals surface area (Å²) in [5.41, 5.74) is 2.98. The molecule has 1 atom stereocenters. The van der Waals surface area contributed by atoms with Gasteiger partial charge >= 0.3 is 5.97 Å². The van der Waals surface area contributed by atoms with Gasteiger partial charge in [-0.05, 0) is 83.6 Å². The van der Waals surface area contributed by atoms with E-state index in [1.165, 1.54) is 7.11 Å². The number of anilines is 1. The van der Waals surface area contributed by atoms with Crippen molar-refractivity contribution in [1.82, 2.24) is 5.32 Å². The van der Waals surface area contributed by atoms with Crippen molar-refractivity contribution < 1.29 is 19.1 Å². The maximum absolute atomic E-state index is 13.0. The molecule has 0 aromatic heterocycles. The summed E-state index contributed by atoms with van der Waals surface area (Å²) in [5.74, 6) is -0.440. The molecular formula is C22H25BrN2O4S. The van der Waals surface area contributed by atoms with Crippen LogP contribution in [0.3, 0.4) is 0 Å². The summed E-state index contributed by atoms with van der Waals surface area (Å²) in [6.07, 6.45) is 2.41. The lowest BCUT2D eigenvalue weighted by Gasteiger charge is -2.19. The standard InChI is InChI=1S/C22H25BrN2O4S/c1-13-11-15(12-17(14(13)2)22(28)29-3)24-21(27)19(9-10-30-4)25-20(26)16-7-5-6-8-18(16)23/h5-8,11-12,19H,9-10H2,1-4H3,(H,24,27)(H,25,26). The van der Waals surface area contributed by atoms with Crippen LogP contribution in [0.2, 0.25) is 0 Å². The highest BCUT2D eigenvalue weighted by molar-refractivity contribution is 9.10. The molecular weight excluding hydrogens is 468 g/mol. The van der Waals surface area contributed by atoms with Gasteiger partial charge in [-0.15, -0.1) is 0 Å². The number of aryl methyl sites for hydroxylation is 1. The molecule has 0 saturated heterocycles. The van der Waals surface area contributed by atoms with Crippen LogP contribution in [0.4, 0.5) is 5.69 Å². The first-order valence-electron chi connectivity index (χ1n) is 9.33. The first-order chi connectivity index (χ1) is 14.3. The lowest BCUT2D eigenvalue weighted by Crippen LogP contribution is -2.44. The van der Waals surface area contributed by atoms with Crippen LogP contribution in [0.25, 0.3) is 0 Å². The molecule has 2 rings (SSSR count). The van der Waals surface area contributed by atoms with Crippen LogP contribution in [0.5, 0.6) is 0 Å². The van der Waals surface area contributed by atoms with Gasteiger partial charge in [-0.25, -0.2) is 4.79 Å². The van der Waals surface area contributed by atoms with Crippen LogP contribution < -0.4 is 10.6 Å². The van der Waals surface area contributed by atoms with E-state index < -0.39 is 12.0 Å². The molecule has 0 radical (unpaired) electrons. The van der Waals surface area contributed by atoms with Crippen LogP contribution in [0.1, 0.15) is 38.3 Å². The maximum Gasteiger partial charge on any atom is 0.338 e. The Balaban J connectivity index is 2.23. The molecule has 0 bridgehead atoms. The third-order valence-corrected chi connectivity index (χ3v) is 6.03. The van der Waals surface area contributed by atoms with Gasteiger partial charge in [0.05, 0.1) is 18.2 Å². The average Bonchev–Trinajstić information content (AvgIpc) is 2.72. The van der Waals surface area contributed by atoms with E-state index in [0.717, 1.165) is 11.1 Å². The number of carbonyl (C=O) groups is 3. The number of benzene rings is 2. The number of thioether (sulfide) groups is 1. The predicted molar refractivity (Wildman–Crippen MR) is 124 cm³/mol. The van der Waals surface area contributed by atoms with Crippen molar-refractivity contribution >= 4 is 51.2 Å². The highest BCUT2D eigenvalue weighted by Gasteiger charge is 2.23. The third kappa shape index (κ3) is 6.09. The SMILES string of the molecule is COC(=O)c1cc(NC(=O)C(CCSC)NC(=O)c2ccccc2Br)cc(C)c1C. The summed E-state index contributed by atoms with van der Waals surface area (Å²) in [4.78, 5) is 37.7. The van der Waals surface area contributed by atoms with E-state index in [-0.39, 0.29) is 11.8 Å². The van der Waals surface area contributed by atoms with Gasteiger partial charge in [0.25, 0.3) is 5.91 Å². The number of halogens is 1. The highest BCUT2D eigenvalue weighted by Crippen LogP contribution is 2.21. The minimum atomic E-state index is -0.722. The molecule has 0 fully saturated rings. The summed E-state index contributed by atoms with van der Waals surface area (Å²) in [7, 11) is 1.32. The molecule has 0 aliphatic rings. The minimum Gasteiger partial charge on any atom is -0.465 e. The van der Waals surface area contributed by atoms with Gasteiger partial charge in [0.15, 0.2) is 0 Å². The number of hydrogen-bond acceptors (Lipinski definition) is 5. The molecule has 0 heterocycles. The Morgan fingerprint density at radius 1 is 1.13 bits per heavy atom. The number of amides is 2. The Morgan fingerprint density at radius 3 is 2.47 bits per heavy atom. The second-order valence-electron chi connectivity index (χ2n) is 6.73. The second-order valence-corrected chi connectivity index (χ2v) is 8.57. The number of methoxy groups -OCH3 is 1. The lowest BCUT2D eigenvalue weighted by atomic mass is 10.0. The van der Waals surface area contributed by atoms with Gasteiger partial charge < -0.3 is 15.4 Å². The monoisotopic (exact) mass is 492 g/mol. The Kier molecular flexibility index (Phi) is 8.92. The van der Waals surface area contributed by atoms with Crippen LogP contribution in [-0.2, 0) is 9.53 Å². The fraction of sp³-hybridized carbons (Fsp3) is 0.318. The van der Waals surface area contributed by atoms with E-state index in [0.29, 0.717) is 33.5 Å². The normalized spacial score (nSPS) is 11.5. The molecule has 0 aliphatic heterocycles. The quantitative estimate of drug-likeness (QED) is 0.535. The first-order valence-corrected chi connectivity index (χ1v) is 11.5. The minimum absolute atomic E-state index is 0.334. The van der Waals surface area contributed by atoms with Gasteiger partial charge in [-0.2, -0.15) is 11.8 Å². The number of nitrogens with one attached hydrogen (secondary N) is 2. The zero-order valence-corrected chi connectivity index (χ0v) is 19.8. The molecule has 2 N–H and O–H groups in total. The summed E-state index contributed by atoms with van der Waals surface area (Å²) in [6, 6.07) is 9.70. The van der Waals surface area contributed by atoms with Gasteiger partial charge in [-0.3, -0.25) is 9.59 Å². The largest absolute Gasteiger partial charge is 0.465 e. The number of rotatable bonds is 8. The lowest BCUT2D eigenvalue weighted by molar-refractivity contribution is -0.118. The van der Waals surface area contributed by atoms with E-state index in [4.69, 9.17) is 4.74 Å². The summed E-state index contributed by atoms with van der Waals surface area (Å²) < 4.78 is 5.49. The van der Waals surface area contributed by atoms with E-state index >= 15 is 0 Å². The molecule has 160 valence electrons. The number of hydrogen-bond donors (Lipinski definition) is 2. The summed E-state index contributed by atoms with van der Waals surface area (Å²) in [5, 5.41) is 5.64. The van der Waals surface area contributed by atoms with Crippen molar-refractivity contribution in [3.05, 3.63) is 63.1 Å². The zero-order valence-electron chi connectivity index (χ0n) is 17.4. The number of carbonyl (C=O) groups excluding carboxylic acids is 3. The molecule has 6 nitrogen and oxygen atoms in total. The fourth-order valence-electron chi connectivity index (χ4n) is 2.87. The molecule has 1 unspecified atom stereocenters. The van der Waals surface area contributed by atoms with Crippen LogP contribution >= 0.6 is 27.7 Å². The molecule has 2 aromatic rings. The van der Waals surface area contributed by atoms with Crippen molar-refractivity contribution in [3.8, 4) is 0 Å². The van der Waals surface area contributed by atoms with Gasteiger partial charge in [0.1, 0.15) is 6.04 Å². The van der Waals surface area contributed by atoms with E-state index in [1.807, 2.05) is 26.2 Å². The van der Waals surface area contributed by atoms with Crippen molar-refractivity contribution in [2.24, 2.45) is 0 Å². The van der Waals surface area contributed by atoms with E-state index in [1.54, 1.807) is 42.1 Å². The van der Waals surface area contributed by atoms with Crippen molar-refractivity contribution in [2.75, 3.05) is 24.4 Å². The predicted octanol–water partition coefficient (Wildman–Crippen LogP) is 4.34. The smallest absolute Gasteiger partial charge is 0.338 e. The van der Waals surface area contributed by atoms with Crippen LogP contribution in [0, 0.1) is 13.8 Å². The summed E-state index contributed by atoms with van der Waals surface area (Å²) >= 11 is 4.96. The van der Waals surface area contributed by atoms with Crippen molar-refractivity contribution in [3.63, 3.8) is 0 Å². The molecule has 2 aromatic carbocycles. The maximum atomic E-state index is 13.0. The first kappa shape index (κ1) is 24.0. The molecule has 30 heavy (non-hydrogen) atoms. The Hall–Kier alpha value is -2.32. The molecule has 0 aliphatic carbocycles. The molecule has 2 amide bonds. The molecule has 0 saturated carbocycles. The highest BCUT2D eigenvalue weighted by atomic mass is 79.9. The third-order valence-electron chi connectivity index (χ3n) is 4.69. The zero-order chi connectivity index (χ0) is 22.3. The van der Waals surface area contributed by atoms with Crippen LogP contribution in [0.15, 0.2) is 40.9 Å². The molecule has 0 spiro atoms. The van der Waals surface area contributed by atoms with Gasteiger partial charge in [0, 0.05) is 10.2 Å². The fourth-order valence-corrected chi connectivity index (χ4v) is 3.80. The number of esters is 1. The van der Waals surface area contributed by atoms with Gasteiger partial charge in [0.2, 0.25) is 5.91 Å². The van der Waals surface area contributed by atoms with E-state index in [2.05, 4.69) is 26.6 Å². The summed E-state index contributed by atoms with van der Waals surface area (Å²) in [6.45, 7) is 3.68.